The number of fused-ring (bicyclic) bond motifs is 1. The van der Waals surface area contributed by atoms with Gasteiger partial charge in [-0.1, -0.05) is 12.1 Å². The lowest BCUT2D eigenvalue weighted by molar-refractivity contribution is 0.0697. The summed E-state index contributed by atoms with van der Waals surface area (Å²) in [5, 5.41) is 9.38. The standard InChI is InChI=1S/C19H16O5/c1-11(2)23-14-7-8-17-15(9-14)16(20)10-18(24-17)12-3-5-13(6-4-12)19(21)22/h3-11H,1-2H3,(H,21,22). The first-order chi connectivity index (χ1) is 11.4. The molecule has 1 N–H and O–H groups in total. The average Bonchev–Trinajstić information content (AvgIpc) is 2.55. The third kappa shape index (κ3) is 3.15. The van der Waals surface area contributed by atoms with E-state index in [2.05, 4.69) is 0 Å². The van der Waals surface area contributed by atoms with Crippen molar-refractivity contribution in [2.24, 2.45) is 0 Å². The molecule has 2 aromatic carbocycles. The summed E-state index contributed by atoms with van der Waals surface area (Å²) in [4.78, 5) is 23.3. The van der Waals surface area contributed by atoms with Crippen LogP contribution >= 0.6 is 0 Å². The van der Waals surface area contributed by atoms with Crippen LogP contribution < -0.4 is 10.2 Å². The Hall–Kier alpha value is -3.08. The minimum Gasteiger partial charge on any atom is -0.491 e. The third-order valence-electron chi connectivity index (χ3n) is 3.49. The monoisotopic (exact) mass is 324 g/mol. The maximum atomic E-state index is 12.4. The summed E-state index contributed by atoms with van der Waals surface area (Å²) >= 11 is 0. The van der Waals surface area contributed by atoms with Crippen molar-refractivity contribution in [2.75, 3.05) is 0 Å². The van der Waals surface area contributed by atoms with E-state index in [9.17, 15) is 9.59 Å². The van der Waals surface area contributed by atoms with Crippen molar-refractivity contribution < 1.29 is 19.1 Å². The first-order valence-corrected chi connectivity index (χ1v) is 7.52. The molecule has 0 aliphatic carbocycles. The highest BCUT2D eigenvalue weighted by Gasteiger charge is 2.10. The largest absolute Gasteiger partial charge is 0.491 e. The molecule has 0 radical (unpaired) electrons. The molecule has 0 unspecified atom stereocenters. The molecule has 1 heterocycles. The van der Waals surface area contributed by atoms with Gasteiger partial charge in [-0.05, 0) is 44.2 Å². The molecule has 0 bridgehead atoms. The molecular formula is C19H16O5. The Labute approximate surface area is 138 Å². The van der Waals surface area contributed by atoms with Crippen molar-refractivity contribution in [3.8, 4) is 17.1 Å². The molecule has 0 atom stereocenters. The fraction of sp³-hybridized carbons (Fsp3) is 0.158. The molecule has 3 aromatic rings. The van der Waals surface area contributed by atoms with Gasteiger partial charge in [0.25, 0.3) is 0 Å². The van der Waals surface area contributed by atoms with Gasteiger partial charge < -0.3 is 14.3 Å². The second-order valence-electron chi connectivity index (χ2n) is 5.68. The Kier molecular flexibility index (Phi) is 4.08. The molecule has 5 nitrogen and oxygen atoms in total. The van der Waals surface area contributed by atoms with Gasteiger partial charge in [0.2, 0.25) is 0 Å². The molecule has 0 fully saturated rings. The summed E-state index contributed by atoms with van der Waals surface area (Å²) in [7, 11) is 0. The van der Waals surface area contributed by atoms with Gasteiger partial charge in [-0.2, -0.15) is 0 Å². The van der Waals surface area contributed by atoms with E-state index < -0.39 is 5.97 Å². The molecule has 0 aliphatic heterocycles. The first kappa shape index (κ1) is 15.8. The zero-order valence-electron chi connectivity index (χ0n) is 13.3. The van der Waals surface area contributed by atoms with Crippen molar-refractivity contribution in [1.82, 2.24) is 0 Å². The van der Waals surface area contributed by atoms with E-state index in [0.29, 0.717) is 28.0 Å². The van der Waals surface area contributed by atoms with Gasteiger partial charge in [0.1, 0.15) is 17.1 Å². The van der Waals surface area contributed by atoms with Crippen LogP contribution in [0.1, 0.15) is 24.2 Å². The lowest BCUT2D eigenvalue weighted by Gasteiger charge is -2.10. The van der Waals surface area contributed by atoms with Crippen LogP contribution in [0.2, 0.25) is 0 Å². The molecule has 1 aromatic heterocycles. The van der Waals surface area contributed by atoms with E-state index in [1.54, 1.807) is 30.3 Å². The molecule has 24 heavy (non-hydrogen) atoms. The summed E-state index contributed by atoms with van der Waals surface area (Å²) in [6, 6.07) is 12.7. The maximum Gasteiger partial charge on any atom is 0.335 e. The van der Waals surface area contributed by atoms with Gasteiger partial charge in [0.15, 0.2) is 5.43 Å². The number of benzene rings is 2. The highest BCUT2D eigenvalue weighted by molar-refractivity contribution is 5.88. The zero-order chi connectivity index (χ0) is 17.3. The number of ether oxygens (including phenoxy) is 1. The van der Waals surface area contributed by atoms with E-state index in [0.717, 1.165) is 0 Å². The van der Waals surface area contributed by atoms with Crippen LogP contribution in [-0.2, 0) is 0 Å². The van der Waals surface area contributed by atoms with Crippen LogP contribution in [0.15, 0.2) is 57.7 Å². The predicted octanol–water partition coefficient (Wildman–Crippen LogP) is 3.95. The smallest absolute Gasteiger partial charge is 0.335 e. The van der Waals surface area contributed by atoms with E-state index in [1.807, 2.05) is 13.8 Å². The van der Waals surface area contributed by atoms with Gasteiger partial charge in [0, 0.05) is 11.6 Å². The number of carboxylic acid groups (broad SMARTS) is 1. The minimum atomic E-state index is -1.00. The molecular weight excluding hydrogens is 308 g/mol. The fourth-order valence-electron chi connectivity index (χ4n) is 2.40. The molecule has 0 spiro atoms. The molecule has 0 saturated carbocycles. The summed E-state index contributed by atoms with van der Waals surface area (Å²) in [5.41, 5.74) is 1.09. The lowest BCUT2D eigenvalue weighted by atomic mass is 10.1. The predicted molar refractivity (Wildman–Crippen MR) is 90.6 cm³/mol. The molecule has 0 aliphatic rings. The van der Waals surface area contributed by atoms with Crippen LogP contribution in [-0.4, -0.2) is 17.2 Å². The Bertz CT molecular complexity index is 952. The average molecular weight is 324 g/mol. The Morgan fingerprint density at radius 3 is 2.42 bits per heavy atom. The van der Waals surface area contributed by atoms with Crippen molar-refractivity contribution >= 4 is 16.9 Å². The summed E-state index contributed by atoms with van der Waals surface area (Å²) < 4.78 is 11.4. The number of rotatable bonds is 4. The Morgan fingerprint density at radius 2 is 1.79 bits per heavy atom. The number of hydrogen-bond donors (Lipinski definition) is 1. The molecule has 0 amide bonds. The van der Waals surface area contributed by atoms with Crippen molar-refractivity contribution in [3.05, 3.63) is 64.3 Å². The second-order valence-corrected chi connectivity index (χ2v) is 5.68. The summed E-state index contributed by atoms with van der Waals surface area (Å²) in [6.45, 7) is 3.83. The zero-order valence-corrected chi connectivity index (χ0v) is 13.3. The van der Waals surface area contributed by atoms with E-state index in [4.69, 9.17) is 14.3 Å². The van der Waals surface area contributed by atoms with Crippen LogP contribution in [0.3, 0.4) is 0 Å². The van der Waals surface area contributed by atoms with Crippen LogP contribution in [0.25, 0.3) is 22.3 Å². The minimum absolute atomic E-state index is 0.0153. The molecule has 3 rings (SSSR count). The van der Waals surface area contributed by atoms with Gasteiger partial charge >= 0.3 is 5.97 Å². The van der Waals surface area contributed by atoms with Gasteiger partial charge in [-0.15, -0.1) is 0 Å². The normalized spacial score (nSPS) is 11.0. The number of hydrogen-bond acceptors (Lipinski definition) is 4. The molecule has 122 valence electrons. The number of carboxylic acids is 1. The highest BCUT2D eigenvalue weighted by Crippen LogP contribution is 2.25. The SMILES string of the molecule is CC(C)Oc1ccc2oc(-c3ccc(C(=O)O)cc3)cc(=O)c2c1. The van der Waals surface area contributed by atoms with Crippen LogP contribution in [0.5, 0.6) is 5.75 Å². The Balaban J connectivity index is 2.04. The second kappa shape index (κ2) is 6.20. The highest BCUT2D eigenvalue weighted by atomic mass is 16.5. The molecule has 5 heteroatoms. The van der Waals surface area contributed by atoms with E-state index in [-0.39, 0.29) is 17.1 Å². The fourth-order valence-corrected chi connectivity index (χ4v) is 2.40. The number of carbonyl (C=O) groups is 1. The number of aromatic carboxylic acids is 1. The summed E-state index contributed by atoms with van der Waals surface area (Å²) in [6.07, 6.45) is 0.0153. The summed E-state index contributed by atoms with van der Waals surface area (Å²) in [5.74, 6) is 0.00419. The third-order valence-corrected chi connectivity index (χ3v) is 3.49. The quantitative estimate of drug-likeness (QED) is 0.786. The first-order valence-electron chi connectivity index (χ1n) is 7.52. The van der Waals surface area contributed by atoms with Gasteiger partial charge in [-0.25, -0.2) is 4.79 Å². The van der Waals surface area contributed by atoms with Gasteiger partial charge in [-0.3, -0.25) is 4.79 Å². The Morgan fingerprint density at radius 1 is 1.08 bits per heavy atom. The molecule has 0 saturated heterocycles. The van der Waals surface area contributed by atoms with Crippen LogP contribution in [0, 0.1) is 0 Å². The maximum absolute atomic E-state index is 12.4. The van der Waals surface area contributed by atoms with Crippen LogP contribution in [0.4, 0.5) is 0 Å². The topological polar surface area (TPSA) is 76.7 Å². The van der Waals surface area contributed by atoms with Crippen molar-refractivity contribution in [2.45, 2.75) is 20.0 Å². The lowest BCUT2D eigenvalue weighted by Crippen LogP contribution is -2.06. The van der Waals surface area contributed by atoms with E-state index in [1.165, 1.54) is 18.2 Å². The van der Waals surface area contributed by atoms with Crippen molar-refractivity contribution in [3.63, 3.8) is 0 Å². The van der Waals surface area contributed by atoms with Gasteiger partial charge in [0.05, 0.1) is 17.1 Å². The van der Waals surface area contributed by atoms with Crippen molar-refractivity contribution in [1.29, 1.82) is 0 Å². The van der Waals surface area contributed by atoms with E-state index >= 15 is 0 Å².